The van der Waals surface area contributed by atoms with E-state index in [1.165, 1.54) is 11.1 Å². The zero-order chi connectivity index (χ0) is 22.4. The molecule has 1 aliphatic heterocycles. The number of thioether (sulfide) groups is 1. The largest absolute Gasteiger partial charge is 0.303 e. The van der Waals surface area contributed by atoms with Gasteiger partial charge in [-0.25, -0.2) is 0 Å². The van der Waals surface area contributed by atoms with Crippen molar-refractivity contribution in [2.75, 3.05) is 25.4 Å². The lowest BCUT2D eigenvalue weighted by Gasteiger charge is -2.19. The lowest BCUT2D eigenvalue weighted by atomic mass is 10.0. The van der Waals surface area contributed by atoms with Crippen molar-refractivity contribution >= 4 is 21.9 Å². The summed E-state index contributed by atoms with van der Waals surface area (Å²) in [5.74, 6) is 0.657. The molecule has 0 bridgehead atoms. The Morgan fingerprint density at radius 1 is 0.969 bits per heavy atom. The Labute approximate surface area is 193 Å². The van der Waals surface area contributed by atoms with Gasteiger partial charge >= 0.3 is 0 Å². The Balaban J connectivity index is 1.26. The molecule has 0 radical (unpaired) electrons. The lowest BCUT2D eigenvalue weighted by molar-refractivity contribution is 0.289. The van der Waals surface area contributed by atoms with Gasteiger partial charge in [0.1, 0.15) is 10.8 Å². The summed E-state index contributed by atoms with van der Waals surface area (Å²) in [5.41, 5.74) is 5.34. The zero-order valence-corrected chi connectivity index (χ0v) is 19.5. The molecule has 0 amide bonds. The highest BCUT2D eigenvalue weighted by atomic mass is 32.2. The summed E-state index contributed by atoms with van der Waals surface area (Å²) in [6.45, 7) is 2.97. The fourth-order valence-corrected chi connectivity index (χ4v) is 5.42. The van der Waals surface area contributed by atoms with Crippen LogP contribution in [-0.4, -0.2) is 53.5 Å². The van der Waals surface area contributed by atoms with Gasteiger partial charge in [-0.05, 0) is 54.1 Å². The topological polar surface area (TPSA) is 83.4 Å². The summed E-state index contributed by atoms with van der Waals surface area (Å²) < 4.78 is 31.4. The van der Waals surface area contributed by atoms with E-state index in [9.17, 15) is 8.42 Å². The second kappa shape index (κ2) is 10.6. The highest BCUT2D eigenvalue weighted by Gasteiger charge is 2.15. The van der Waals surface area contributed by atoms with Crippen LogP contribution in [-0.2, 0) is 28.7 Å². The zero-order valence-electron chi connectivity index (χ0n) is 17.9. The fraction of sp³-hybridized carbons (Fsp3) is 0.333. The normalized spacial score (nSPS) is 14.7. The number of rotatable bonds is 8. The first-order chi connectivity index (χ1) is 15.5. The molecule has 0 saturated heterocycles. The minimum absolute atomic E-state index is 0.324. The van der Waals surface area contributed by atoms with Crippen LogP contribution in [0.3, 0.4) is 0 Å². The predicted octanol–water partition coefficient (Wildman–Crippen LogP) is 4.11. The van der Waals surface area contributed by atoms with Crippen LogP contribution in [0.25, 0.3) is 11.1 Å². The molecule has 1 aliphatic rings. The molecule has 0 unspecified atom stereocenters. The SMILES string of the molecule is O=S(=O)(O)Cc1ccc2c(c1)CCN(CCCSc1cc(-c3ccccc3)cnn1)CC2. The minimum atomic E-state index is -4.00. The van der Waals surface area contributed by atoms with Gasteiger partial charge in [0, 0.05) is 24.4 Å². The molecule has 3 aromatic rings. The van der Waals surface area contributed by atoms with Crippen LogP contribution in [0.15, 0.2) is 65.8 Å². The van der Waals surface area contributed by atoms with Crippen molar-refractivity contribution in [1.29, 1.82) is 0 Å². The van der Waals surface area contributed by atoms with E-state index in [-0.39, 0.29) is 5.75 Å². The van der Waals surface area contributed by atoms with Gasteiger partial charge in [0.25, 0.3) is 10.1 Å². The van der Waals surface area contributed by atoms with Crippen LogP contribution in [0.2, 0.25) is 0 Å². The average Bonchev–Trinajstić information content (AvgIpc) is 2.98. The van der Waals surface area contributed by atoms with Gasteiger partial charge < -0.3 is 4.90 Å². The van der Waals surface area contributed by atoms with Crippen LogP contribution in [0.5, 0.6) is 0 Å². The van der Waals surface area contributed by atoms with Crippen molar-refractivity contribution in [3.63, 3.8) is 0 Å². The average molecular weight is 470 g/mol. The smallest absolute Gasteiger partial charge is 0.269 e. The number of nitrogens with zero attached hydrogens (tertiary/aromatic N) is 3. The third kappa shape index (κ3) is 6.62. The Bertz CT molecular complexity index is 1150. The second-order valence-electron chi connectivity index (χ2n) is 8.02. The number of benzene rings is 2. The van der Waals surface area contributed by atoms with Crippen molar-refractivity contribution in [1.82, 2.24) is 15.1 Å². The number of fused-ring (bicyclic) bond motifs is 1. The Morgan fingerprint density at radius 2 is 1.75 bits per heavy atom. The van der Waals surface area contributed by atoms with E-state index in [2.05, 4.69) is 33.3 Å². The van der Waals surface area contributed by atoms with E-state index in [1.54, 1.807) is 18.0 Å². The fourth-order valence-electron chi connectivity index (χ4n) is 4.02. The quantitative estimate of drug-likeness (QED) is 0.302. The first-order valence-electron chi connectivity index (χ1n) is 10.8. The Kier molecular flexibility index (Phi) is 7.57. The molecular weight excluding hydrogens is 442 g/mol. The van der Waals surface area contributed by atoms with Crippen molar-refractivity contribution in [3.8, 4) is 11.1 Å². The van der Waals surface area contributed by atoms with Gasteiger partial charge in [0.2, 0.25) is 0 Å². The van der Waals surface area contributed by atoms with Gasteiger partial charge in [-0.3, -0.25) is 4.55 Å². The summed E-state index contributed by atoms with van der Waals surface area (Å²) >= 11 is 1.74. The Morgan fingerprint density at radius 3 is 2.53 bits per heavy atom. The van der Waals surface area contributed by atoms with Gasteiger partial charge in [-0.2, -0.15) is 13.5 Å². The lowest BCUT2D eigenvalue weighted by Crippen LogP contribution is -2.27. The molecule has 0 fully saturated rings. The van der Waals surface area contributed by atoms with Crippen LogP contribution in [0.1, 0.15) is 23.1 Å². The molecular formula is C24H27N3O3S2. The monoisotopic (exact) mass is 469 g/mol. The highest BCUT2D eigenvalue weighted by Crippen LogP contribution is 2.24. The number of hydrogen-bond donors (Lipinski definition) is 1. The summed E-state index contributed by atoms with van der Waals surface area (Å²) in [4.78, 5) is 2.47. The van der Waals surface area contributed by atoms with Gasteiger partial charge in [-0.15, -0.1) is 16.9 Å². The molecule has 2 aromatic carbocycles. The summed E-state index contributed by atoms with van der Waals surface area (Å²) in [6, 6.07) is 18.1. The number of hydrogen-bond acceptors (Lipinski definition) is 6. The predicted molar refractivity (Wildman–Crippen MR) is 128 cm³/mol. The molecule has 0 spiro atoms. The van der Waals surface area contributed by atoms with Crippen molar-refractivity contribution < 1.29 is 13.0 Å². The number of aromatic nitrogens is 2. The van der Waals surface area contributed by atoms with Crippen LogP contribution in [0, 0.1) is 0 Å². The molecule has 2 heterocycles. The summed E-state index contributed by atoms with van der Waals surface area (Å²) in [6.07, 6.45) is 4.72. The summed E-state index contributed by atoms with van der Waals surface area (Å²) in [7, 11) is -4.00. The standard InChI is InChI=1S/C24H27N3O3S2/c28-32(29,30)18-19-7-8-21-9-12-27(13-10-22(21)15-19)11-4-14-31-24-16-23(17-25-26-24)20-5-2-1-3-6-20/h1-3,5-8,15-17H,4,9-14,18H2,(H,28,29,30). The van der Waals surface area contributed by atoms with Crippen molar-refractivity contribution in [2.24, 2.45) is 0 Å². The van der Waals surface area contributed by atoms with Gasteiger partial charge in [0.05, 0.1) is 6.20 Å². The van der Waals surface area contributed by atoms with Gasteiger partial charge in [0.15, 0.2) is 0 Å². The third-order valence-electron chi connectivity index (χ3n) is 5.62. The summed E-state index contributed by atoms with van der Waals surface area (Å²) in [5, 5.41) is 9.37. The molecule has 168 valence electrons. The third-order valence-corrected chi connectivity index (χ3v) is 7.31. The molecule has 1 N–H and O–H groups in total. The van der Waals surface area contributed by atoms with E-state index >= 15 is 0 Å². The van der Waals surface area contributed by atoms with E-state index in [4.69, 9.17) is 4.55 Å². The minimum Gasteiger partial charge on any atom is -0.303 e. The molecule has 32 heavy (non-hydrogen) atoms. The van der Waals surface area contributed by atoms with Crippen molar-refractivity contribution in [3.05, 3.63) is 77.5 Å². The molecule has 0 atom stereocenters. The molecule has 4 rings (SSSR count). The Hall–Kier alpha value is -2.26. The molecule has 6 nitrogen and oxygen atoms in total. The van der Waals surface area contributed by atoms with Crippen LogP contribution in [0.4, 0.5) is 0 Å². The maximum absolute atomic E-state index is 11.2. The van der Waals surface area contributed by atoms with E-state index in [1.807, 2.05) is 36.4 Å². The first-order valence-corrected chi connectivity index (χ1v) is 13.3. The van der Waals surface area contributed by atoms with Gasteiger partial charge in [-0.1, -0.05) is 48.5 Å². The van der Waals surface area contributed by atoms with Crippen LogP contribution < -0.4 is 0 Å². The maximum Gasteiger partial charge on any atom is 0.269 e. The second-order valence-corrected chi connectivity index (χ2v) is 10.6. The molecule has 0 saturated carbocycles. The molecule has 1 aromatic heterocycles. The van der Waals surface area contributed by atoms with Crippen molar-refractivity contribution in [2.45, 2.75) is 30.0 Å². The first kappa shape index (κ1) is 22.9. The van der Waals surface area contributed by atoms with E-state index in [0.717, 1.165) is 60.8 Å². The molecule has 8 heteroatoms. The maximum atomic E-state index is 11.2. The van der Waals surface area contributed by atoms with Crippen LogP contribution >= 0.6 is 11.8 Å². The highest BCUT2D eigenvalue weighted by molar-refractivity contribution is 7.99. The molecule has 0 aliphatic carbocycles. The van der Waals surface area contributed by atoms with E-state index in [0.29, 0.717) is 5.56 Å². The van der Waals surface area contributed by atoms with E-state index < -0.39 is 10.1 Å².